The number of amides is 1. The van der Waals surface area contributed by atoms with E-state index in [0.29, 0.717) is 27.8 Å². The van der Waals surface area contributed by atoms with Crippen molar-refractivity contribution in [1.29, 1.82) is 0 Å². The first-order valence-electron chi connectivity index (χ1n) is 10.8. The van der Waals surface area contributed by atoms with Gasteiger partial charge in [0.1, 0.15) is 0 Å². The second-order valence-electron chi connectivity index (χ2n) is 8.07. The molecule has 0 radical (unpaired) electrons. The number of alkyl halides is 3. The van der Waals surface area contributed by atoms with Crippen molar-refractivity contribution in [3.05, 3.63) is 106 Å². The number of benzene rings is 2. The predicted molar refractivity (Wildman–Crippen MR) is 123 cm³/mol. The lowest BCUT2D eigenvalue weighted by Gasteiger charge is -2.15. The SMILES string of the molecule is COC(=O)c1ccc(C(C)NC(=O)c2cnn3cccc(Cc4cccc(C(F)(F)F)c4)c23)cc1. The van der Waals surface area contributed by atoms with Gasteiger partial charge in [-0.15, -0.1) is 0 Å². The number of aromatic nitrogens is 2. The standard InChI is InChI=1S/C26H22F3N3O3/c1-16(18-8-10-19(11-9-18)25(34)35-2)31-24(33)22-15-30-32-12-4-6-20(23(22)32)13-17-5-3-7-21(14-17)26(27,28)29/h3-12,14-16H,13H2,1-2H3,(H,31,33). The van der Waals surface area contributed by atoms with Crippen molar-refractivity contribution in [2.45, 2.75) is 25.6 Å². The maximum absolute atomic E-state index is 13.1. The summed E-state index contributed by atoms with van der Waals surface area (Å²) in [5.41, 5.74) is 2.44. The van der Waals surface area contributed by atoms with Crippen LogP contribution >= 0.6 is 0 Å². The fourth-order valence-electron chi connectivity index (χ4n) is 3.88. The van der Waals surface area contributed by atoms with Crippen LogP contribution in [0.5, 0.6) is 0 Å². The van der Waals surface area contributed by atoms with Gasteiger partial charge >= 0.3 is 12.1 Å². The number of pyridine rings is 1. The van der Waals surface area contributed by atoms with Gasteiger partial charge in [-0.2, -0.15) is 18.3 Å². The molecule has 2 heterocycles. The largest absolute Gasteiger partial charge is 0.465 e. The Morgan fingerprint density at radius 2 is 1.83 bits per heavy atom. The Hall–Kier alpha value is -4.14. The van der Waals surface area contributed by atoms with Crippen LogP contribution < -0.4 is 5.32 Å². The van der Waals surface area contributed by atoms with Gasteiger partial charge in [0, 0.05) is 6.20 Å². The Morgan fingerprint density at radius 3 is 2.51 bits per heavy atom. The molecule has 2 aromatic carbocycles. The highest BCUT2D eigenvalue weighted by atomic mass is 19.4. The lowest BCUT2D eigenvalue weighted by molar-refractivity contribution is -0.137. The van der Waals surface area contributed by atoms with E-state index in [1.165, 1.54) is 23.9 Å². The minimum absolute atomic E-state index is 0.199. The van der Waals surface area contributed by atoms with Gasteiger partial charge in [-0.1, -0.05) is 36.4 Å². The molecule has 0 aliphatic heterocycles. The molecule has 0 saturated carbocycles. The molecule has 1 N–H and O–H groups in total. The smallest absolute Gasteiger partial charge is 0.416 e. The number of carbonyl (C=O) groups excluding carboxylic acids is 2. The lowest BCUT2D eigenvalue weighted by Crippen LogP contribution is -2.26. The van der Waals surface area contributed by atoms with Gasteiger partial charge in [0.25, 0.3) is 5.91 Å². The molecular formula is C26H22F3N3O3. The number of carbonyl (C=O) groups is 2. The number of fused-ring (bicyclic) bond motifs is 1. The molecule has 6 nitrogen and oxygen atoms in total. The lowest BCUT2D eigenvalue weighted by atomic mass is 10.0. The molecule has 0 aliphatic carbocycles. The Balaban J connectivity index is 1.58. The number of esters is 1. The Kier molecular flexibility index (Phi) is 6.59. The average Bonchev–Trinajstić information content (AvgIpc) is 3.29. The van der Waals surface area contributed by atoms with Crippen LogP contribution in [0.3, 0.4) is 0 Å². The highest BCUT2D eigenvalue weighted by Crippen LogP contribution is 2.30. The van der Waals surface area contributed by atoms with Crippen molar-refractivity contribution in [1.82, 2.24) is 14.9 Å². The number of nitrogens with one attached hydrogen (secondary N) is 1. The summed E-state index contributed by atoms with van der Waals surface area (Å²) in [5.74, 6) is -0.825. The molecule has 1 unspecified atom stereocenters. The summed E-state index contributed by atoms with van der Waals surface area (Å²) in [6.07, 6.45) is -1.12. The number of rotatable bonds is 6. The number of nitrogens with zero attached hydrogens (tertiary/aromatic N) is 2. The van der Waals surface area contributed by atoms with E-state index in [0.717, 1.165) is 17.7 Å². The van der Waals surface area contributed by atoms with Crippen LogP contribution in [0.25, 0.3) is 5.52 Å². The van der Waals surface area contributed by atoms with Gasteiger partial charge in [0.15, 0.2) is 0 Å². The van der Waals surface area contributed by atoms with E-state index in [2.05, 4.69) is 10.4 Å². The van der Waals surface area contributed by atoms with Crippen LogP contribution in [0.1, 0.15) is 55.9 Å². The monoisotopic (exact) mass is 481 g/mol. The molecule has 35 heavy (non-hydrogen) atoms. The molecule has 0 bridgehead atoms. The zero-order chi connectivity index (χ0) is 25.2. The number of hydrogen-bond donors (Lipinski definition) is 1. The van der Waals surface area contributed by atoms with Crippen LogP contribution in [-0.4, -0.2) is 28.6 Å². The van der Waals surface area contributed by atoms with Gasteiger partial charge in [0.05, 0.1) is 41.6 Å². The van der Waals surface area contributed by atoms with Crippen molar-refractivity contribution in [2.75, 3.05) is 7.11 Å². The molecule has 4 aromatic rings. The van der Waals surface area contributed by atoms with Gasteiger partial charge in [-0.05, 0) is 54.3 Å². The number of methoxy groups -OCH3 is 1. The Labute approximate surface area is 199 Å². The molecule has 1 amide bonds. The fraction of sp³-hybridized carbons (Fsp3) is 0.192. The minimum atomic E-state index is -4.44. The Bertz CT molecular complexity index is 1380. The molecule has 9 heteroatoms. The van der Waals surface area contributed by atoms with Crippen LogP contribution in [0.15, 0.2) is 73.1 Å². The topological polar surface area (TPSA) is 72.7 Å². The van der Waals surface area contributed by atoms with E-state index in [1.54, 1.807) is 55.6 Å². The van der Waals surface area contributed by atoms with Crippen molar-refractivity contribution in [3.8, 4) is 0 Å². The molecule has 4 rings (SSSR count). The maximum Gasteiger partial charge on any atom is 0.416 e. The van der Waals surface area contributed by atoms with Crippen LogP contribution in [0.2, 0.25) is 0 Å². The van der Waals surface area contributed by atoms with Crippen molar-refractivity contribution in [3.63, 3.8) is 0 Å². The second kappa shape index (κ2) is 9.61. The highest BCUT2D eigenvalue weighted by molar-refractivity contribution is 6.01. The van der Waals surface area contributed by atoms with Gasteiger partial charge in [-0.3, -0.25) is 4.79 Å². The molecule has 180 valence electrons. The molecule has 1 atom stereocenters. The van der Waals surface area contributed by atoms with E-state index in [-0.39, 0.29) is 18.4 Å². The third kappa shape index (κ3) is 5.18. The molecular weight excluding hydrogens is 459 g/mol. The van der Waals surface area contributed by atoms with Crippen molar-refractivity contribution < 1.29 is 27.5 Å². The summed E-state index contributed by atoms with van der Waals surface area (Å²) in [4.78, 5) is 24.8. The second-order valence-corrected chi connectivity index (χ2v) is 8.07. The summed E-state index contributed by atoms with van der Waals surface area (Å²) in [5, 5.41) is 7.16. The summed E-state index contributed by atoms with van der Waals surface area (Å²) in [6.45, 7) is 1.81. The zero-order valence-electron chi connectivity index (χ0n) is 19.0. The summed E-state index contributed by atoms with van der Waals surface area (Å²) < 4.78 is 45.6. The Morgan fingerprint density at radius 1 is 1.09 bits per heavy atom. The molecule has 0 aliphatic rings. The van der Waals surface area contributed by atoms with Crippen LogP contribution in [-0.2, 0) is 17.3 Å². The van der Waals surface area contributed by atoms with Gasteiger partial charge in [-0.25, -0.2) is 9.31 Å². The summed E-state index contributed by atoms with van der Waals surface area (Å²) in [7, 11) is 1.30. The first-order valence-corrected chi connectivity index (χ1v) is 10.8. The minimum Gasteiger partial charge on any atom is -0.465 e. The van der Waals surface area contributed by atoms with Gasteiger partial charge < -0.3 is 10.1 Å². The predicted octanol–water partition coefficient (Wildman–Crippen LogP) is 5.22. The third-order valence-electron chi connectivity index (χ3n) is 5.70. The summed E-state index contributed by atoms with van der Waals surface area (Å²) >= 11 is 0. The van der Waals surface area contributed by atoms with Gasteiger partial charge in [0.2, 0.25) is 0 Å². The number of hydrogen-bond acceptors (Lipinski definition) is 4. The first-order chi connectivity index (χ1) is 16.7. The van der Waals surface area contributed by atoms with Crippen molar-refractivity contribution in [2.24, 2.45) is 0 Å². The van der Waals surface area contributed by atoms with E-state index in [9.17, 15) is 22.8 Å². The van der Waals surface area contributed by atoms with E-state index >= 15 is 0 Å². The molecule has 0 spiro atoms. The highest BCUT2D eigenvalue weighted by Gasteiger charge is 2.30. The van der Waals surface area contributed by atoms with E-state index < -0.39 is 17.7 Å². The summed E-state index contributed by atoms with van der Waals surface area (Å²) in [6, 6.07) is 14.9. The fourth-order valence-corrected chi connectivity index (χ4v) is 3.88. The molecule has 2 aromatic heterocycles. The normalized spacial score (nSPS) is 12.4. The number of ether oxygens (including phenoxy) is 1. The molecule has 0 fully saturated rings. The molecule has 0 saturated heterocycles. The van der Waals surface area contributed by atoms with E-state index in [4.69, 9.17) is 4.74 Å². The van der Waals surface area contributed by atoms with Crippen LogP contribution in [0, 0.1) is 0 Å². The van der Waals surface area contributed by atoms with E-state index in [1.807, 2.05) is 0 Å². The quantitative estimate of drug-likeness (QED) is 0.383. The first kappa shape index (κ1) is 24.0. The maximum atomic E-state index is 13.1. The van der Waals surface area contributed by atoms with Crippen LogP contribution in [0.4, 0.5) is 13.2 Å². The number of halogens is 3. The average molecular weight is 481 g/mol. The van der Waals surface area contributed by atoms with Crippen molar-refractivity contribution >= 4 is 17.4 Å². The zero-order valence-corrected chi connectivity index (χ0v) is 19.0. The third-order valence-corrected chi connectivity index (χ3v) is 5.70.